The predicted molar refractivity (Wildman–Crippen MR) is 95.3 cm³/mol. The largest absolute Gasteiger partial charge is 0.354 e. The molecule has 0 aromatic heterocycles. The summed E-state index contributed by atoms with van der Waals surface area (Å²) in [4.78, 5) is 11.8. The van der Waals surface area contributed by atoms with Crippen LogP contribution in [0.4, 0.5) is 0 Å². The molecular formula is C16H23Cl3N2O. The topological polar surface area (TPSA) is 41.1 Å². The fourth-order valence-electron chi connectivity index (χ4n) is 2.11. The Labute approximate surface area is 148 Å². The Hall–Kier alpha value is -0.480. The number of hydrogen-bond acceptors (Lipinski definition) is 2. The summed E-state index contributed by atoms with van der Waals surface area (Å²) in [6.45, 7) is 6.04. The Morgan fingerprint density at radius 1 is 1.27 bits per heavy atom. The lowest BCUT2D eigenvalue weighted by molar-refractivity contribution is -0.120. The van der Waals surface area contributed by atoms with Crippen molar-refractivity contribution >= 4 is 41.5 Å². The van der Waals surface area contributed by atoms with E-state index in [1.54, 1.807) is 6.07 Å². The van der Waals surface area contributed by atoms with Crippen LogP contribution in [-0.2, 0) is 10.2 Å². The third-order valence-electron chi connectivity index (χ3n) is 3.84. The molecule has 124 valence electrons. The zero-order valence-corrected chi connectivity index (χ0v) is 15.2. The minimum atomic E-state index is -0.194. The highest BCUT2D eigenvalue weighted by Crippen LogP contribution is 2.29. The van der Waals surface area contributed by atoms with Crippen molar-refractivity contribution in [3.05, 3.63) is 33.8 Å². The summed E-state index contributed by atoms with van der Waals surface area (Å²) in [5.74, 6) is 0.814. The Bertz CT molecular complexity index is 516. The molecule has 0 radical (unpaired) electrons. The normalized spacial score (nSPS) is 14.4. The molecule has 2 N–H and O–H groups in total. The molecule has 0 heterocycles. The van der Waals surface area contributed by atoms with E-state index in [-0.39, 0.29) is 23.7 Å². The second kappa shape index (κ2) is 8.39. The van der Waals surface area contributed by atoms with Gasteiger partial charge in [0.15, 0.2) is 0 Å². The molecule has 0 saturated heterocycles. The second-order valence-electron chi connectivity index (χ2n) is 6.36. The maximum atomic E-state index is 11.8. The van der Waals surface area contributed by atoms with E-state index in [2.05, 4.69) is 24.5 Å². The van der Waals surface area contributed by atoms with Crippen LogP contribution >= 0.6 is 35.6 Å². The summed E-state index contributed by atoms with van der Waals surface area (Å²) in [7, 11) is 0. The zero-order chi connectivity index (χ0) is 15.5. The fraction of sp³-hybridized carbons (Fsp3) is 0.562. The van der Waals surface area contributed by atoms with Gasteiger partial charge in [0.1, 0.15) is 0 Å². The van der Waals surface area contributed by atoms with Crippen molar-refractivity contribution < 1.29 is 4.79 Å². The van der Waals surface area contributed by atoms with Crippen molar-refractivity contribution in [2.45, 2.75) is 32.1 Å². The van der Waals surface area contributed by atoms with Gasteiger partial charge in [-0.1, -0.05) is 43.1 Å². The van der Waals surface area contributed by atoms with E-state index in [1.165, 1.54) is 12.8 Å². The monoisotopic (exact) mass is 364 g/mol. The number of benzene rings is 1. The SMILES string of the molecule is CC(C)(CNC(=O)CNCC1CC1)c1ccc(Cl)c(Cl)c1.Cl. The molecule has 0 unspecified atom stereocenters. The van der Waals surface area contributed by atoms with Crippen molar-refractivity contribution in [2.24, 2.45) is 5.92 Å². The first kappa shape index (κ1) is 19.6. The summed E-state index contributed by atoms with van der Waals surface area (Å²) < 4.78 is 0. The van der Waals surface area contributed by atoms with Crippen LogP contribution in [0.15, 0.2) is 18.2 Å². The smallest absolute Gasteiger partial charge is 0.233 e. The number of amides is 1. The zero-order valence-electron chi connectivity index (χ0n) is 12.9. The second-order valence-corrected chi connectivity index (χ2v) is 7.18. The lowest BCUT2D eigenvalue weighted by Gasteiger charge is -2.26. The Morgan fingerprint density at radius 2 is 1.95 bits per heavy atom. The summed E-state index contributed by atoms with van der Waals surface area (Å²) in [6, 6.07) is 5.60. The molecule has 1 aliphatic rings. The Balaban J connectivity index is 0.00000242. The van der Waals surface area contributed by atoms with Crippen LogP contribution in [0.2, 0.25) is 10.0 Å². The van der Waals surface area contributed by atoms with Gasteiger partial charge in [-0.3, -0.25) is 4.79 Å². The number of hydrogen-bond donors (Lipinski definition) is 2. The molecule has 1 aliphatic carbocycles. The first-order valence-corrected chi connectivity index (χ1v) is 8.07. The molecule has 0 spiro atoms. The molecule has 1 amide bonds. The third kappa shape index (κ3) is 5.96. The van der Waals surface area contributed by atoms with E-state index in [1.807, 2.05) is 12.1 Å². The van der Waals surface area contributed by atoms with E-state index in [4.69, 9.17) is 23.2 Å². The maximum Gasteiger partial charge on any atom is 0.233 e. The maximum absolute atomic E-state index is 11.8. The van der Waals surface area contributed by atoms with Crippen LogP contribution in [0, 0.1) is 5.92 Å². The van der Waals surface area contributed by atoms with Crippen molar-refractivity contribution in [3.63, 3.8) is 0 Å². The highest BCUT2D eigenvalue weighted by molar-refractivity contribution is 6.42. The molecule has 2 rings (SSSR count). The van der Waals surface area contributed by atoms with Crippen LogP contribution in [0.3, 0.4) is 0 Å². The molecule has 0 atom stereocenters. The van der Waals surface area contributed by atoms with E-state index in [0.717, 1.165) is 18.0 Å². The highest BCUT2D eigenvalue weighted by Gasteiger charge is 2.23. The van der Waals surface area contributed by atoms with Gasteiger partial charge < -0.3 is 10.6 Å². The standard InChI is InChI=1S/C16H22Cl2N2O.ClH/c1-16(2,12-5-6-13(17)14(18)7-12)10-20-15(21)9-19-8-11-3-4-11;/h5-7,11,19H,3-4,8-10H2,1-2H3,(H,20,21);1H. The molecule has 1 fully saturated rings. The van der Waals surface area contributed by atoms with Crippen LogP contribution in [0.5, 0.6) is 0 Å². The van der Waals surface area contributed by atoms with Gasteiger partial charge in [-0.05, 0) is 43.0 Å². The Kier molecular flexibility index (Phi) is 7.47. The van der Waals surface area contributed by atoms with E-state index >= 15 is 0 Å². The lowest BCUT2D eigenvalue weighted by atomic mass is 9.84. The van der Waals surface area contributed by atoms with Crippen LogP contribution in [0.25, 0.3) is 0 Å². The first-order valence-electron chi connectivity index (χ1n) is 7.31. The molecule has 0 bridgehead atoms. The number of nitrogens with one attached hydrogen (secondary N) is 2. The molecule has 6 heteroatoms. The van der Waals surface area contributed by atoms with Crippen LogP contribution in [0.1, 0.15) is 32.3 Å². The van der Waals surface area contributed by atoms with Gasteiger partial charge in [-0.2, -0.15) is 0 Å². The number of carbonyl (C=O) groups excluding carboxylic acids is 1. The first-order chi connectivity index (χ1) is 9.88. The summed E-state index contributed by atoms with van der Waals surface area (Å²) in [6.07, 6.45) is 2.58. The molecule has 0 aliphatic heterocycles. The molecule has 3 nitrogen and oxygen atoms in total. The third-order valence-corrected chi connectivity index (χ3v) is 4.58. The molecule has 22 heavy (non-hydrogen) atoms. The van der Waals surface area contributed by atoms with Gasteiger partial charge in [0.25, 0.3) is 0 Å². The quantitative estimate of drug-likeness (QED) is 0.771. The van der Waals surface area contributed by atoms with Gasteiger partial charge in [-0.15, -0.1) is 12.4 Å². The highest BCUT2D eigenvalue weighted by atomic mass is 35.5. The van der Waals surface area contributed by atoms with E-state index < -0.39 is 0 Å². The molecule has 1 saturated carbocycles. The summed E-state index contributed by atoms with van der Waals surface area (Å²) in [5.41, 5.74) is 0.864. The summed E-state index contributed by atoms with van der Waals surface area (Å²) in [5, 5.41) is 7.25. The van der Waals surface area contributed by atoms with Crippen LogP contribution < -0.4 is 10.6 Å². The van der Waals surface area contributed by atoms with E-state index in [0.29, 0.717) is 23.1 Å². The van der Waals surface area contributed by atoms with Crippen LogP contribution in [-0.4, -0.2) is 25.5 Å². The minimum Gasteiger partial charge on any atom is -0.354 e. The fourth-order valence-corrected chi connectivity index (χ4v) is 2.41. The molecule has 1 aromatic carbocycles. The van der Waals surface area contributed by atoms with Crippen molar-refractivity contribution in [2.75, 3.05) is 19.6 Å². The van der Waals surface area contributed by atoms with E-state index in [9.17, 15) is 4.79 Å². The summed E-state index contributed by atoms with van der Waals surface area (Å²) >= 11 is 12.0. The van der Waals surface area contributed by atoms with Gasteiger partial charge in [0.05, 0.1) is 16.6 Å². The molecule has 1 aromatic rings. The number of halogens is 3. The Morgan fingerprint density at radius 3 is 2.55 bits per heavy atom. The van der Waals surface area contributed by atoms with Gasteiger partial charge >= 0.3 is 0 Å². The van der Waals surface area contributed by atoms with Crippen molar-refractivity contribution in [3.8, 4) is 0 Å². The molecular weight excluding hydrogens is 343 g/mol. The minimum absolute atomic E-state index is 0. The number of carbonyl (C=O) groups is 1. The lowest BCUT2D eigenvalue weighted by Crippen LogP contribution is -2.41. The van der Waals surface area contributed by atoms with Crippen molar-refractivity contribution in [1.82, 2.24) is 10.6 Å². The average Bonchev–Trinajstić information content (AvgIpc) is 3.24. The predicted octanol–water partition coefficient (Wildman–Crippen LogP) is 3.81. The van der Waals surface area contributed by atoms with Gasteiger partial charge in [0, 0.05) is 12.0 Å². The van der Waals surface area contributed by atoms with Gasteiger partial charge in [-0.25, -0.2) is 0 Å². The van der Waals surface area contributed by atoms with Crippen molar-refractivity contribution in [1.29, 1.82) is 0 Å². The average molecular weight is 366 g/mol. The van der Waals surface area contributed by atoms with Gasteiger partial charge in [0.2, 0.25) is 5.91 Å². The number of rotatable bonds is 7.